The summed E-state index contributed by atoms with van der Waals surface area (Å²) in [6.07, 6.45) is -3.17. The molecule has 1 aliphatic heterocycles. The third kappa shape index (κ3) is 2.79. The summed E-state index contributed by atoms with van der Waals surface area (Å²) in [7, 11) is 0. The van der Waals surface area contributed by atoms with E-state index in [0.29, 0.717) is 29.7 Å². The van der Waals surface area contributed by atoms with Gasteiger partial charge in [-0.15, -0.1) is 0 Å². The number of nitrogens with zero attached hydrogens (tertiary/aromatic N) is 2. The van der Waals surface area contributed by atoms with E-state index in [1.807, 2.05) is 6.92 Å². The second kappa shape index (κ2) is 5.97. The lowest BCUT2D eigenvalue weighted by atomic mass is 9.88. The lowest BCUT2D eigenvalue weighted by Crippen LogP contribution is -2.29. The van der Waals surface area contributed by atoms with Crippen molar-refractivity contribution in [1.82, 2.24) is 20.5 Å². The number of carbonyl (C=O) groups is 1. The molecule has 1 unspecified atom stereocenters. The molecule has 3 aromatic rings. The number of pyridine rings is 1. The van der Waals surface area contributed by atoms with E-state index < -0.39 is 23.6 Å². The minimum atomic E-state index is -4.61. The van der Waals surface area contributed by atoms with Gasteiger partial charge in [0, 0.05) is 6.20 Å². The Morgan fingerprint density at radius 1 is 1.30 bits per heavy atom. The predicted molar refractivity (Wildman–Crippen MR) is 90.8 cm³/mol. The van der Waals surface area contributed by atoms with Gasteiger partial charge in [0.25, 0.3) is 0 Å². The smallest absolute Gasteiger partial charge is 0.435 e. The minimum absolute atomic E-state index is 0.0596. The van der Waals surface area contributed by atoms with Crippen molar-refractivity contribution in [2.75, 3.05) is 6.54 Å². The molecule has 4 rings (SSSR count). The highest BCUT2D eigenvalue weighted by Gasteiger charge is 2.41. The number of benzene rings is 1. The number of cyclic esters (lactones) is 1. The average Bonchev–Trinajstić information content (AvgIpc) is 3.25. The van der Waals surface area contributed by atoms with Gasteiger partial charge in [-0.1, -0.05) is 25.1 Å². The summed E-state index contributed by atoms with van der Waals surface area (Å²) in [4.78, 5) is 15.5. The van der Waals surface area contributed by atoms with Gasteiger partial charge >= 0.3 is 12.3 Å². The molecule has 0 radical (unpaired) electrons. The Bertz CT molecular complexity index is 1030. The molecule has 3 heterocycles. The summed E-state index contributed by atoms with van der Waals surface area (Å²) in [5, 5.41) is 8.29. The molecule has 2 N–H and O–H groups in total. The quantitative estimate of drug-likeness (QED) is 0.724. The Balaban J connectivity index is 1.88. The molecular formula is C18H15F3N4O2. The van der Waals surface area contributed by atoms with Gasteiger partial charge in [-0.25, -0.2) is 9.78 Å². The third-order valence-electron chi connectivity index (χ3n) is 4.81. The number of hydrogen-bond acceptors (Lipinski definition) is 4. The molecule has 27 heavy (non-hydrogen) atoms. The van der Waals surface area contributed by atoms with Gasteiger partial charge in [0.05, 0.1) is 11.9 Å². The second-order valence-corrected chi connectivity index (χ2v) is 6.32. The van der Waals surface area contributed by atoms with Gasteiger partial charge in [-0.05, 0) is 35.2 Å². The fourth-order valence-electron chi connectivity index (χ4n) is 3.39. The number of aromatic nitrogens is 3. The van der Waals surface area contributed by atoms with Gasteiger partial charge < -0.3 is 10.1 Å². The first-order valence-electron chi connectivity index (χ1n) is 8.32. The summed E-state index contributed by atoms with van der Waals surface area (Å²) in [5.74, 6) is 0. The molecule has 6 nitrogen and oxygen atoms in total. The molecule has 0 spiro atoms. The number of amides is 1. The number of rotatable bonds is 3. The molecule has 9 heteroatoms. The fraction of sp³-hybridized carbons (Fsp3) is 0.278. The van der Waals surface area contributed by atoms with E-state index in [-0.39, 0.29) is 11.0 Å². The highest BCUT2D eigenvalue weighted by Crippen LogP contribution is 2.39. The van der Waals surface area contributed by atoms with Gasteiger partial charge in [-0.2, -0.15) is 18.3 Å². The van der Waals surface area contributed by atoms with Gasteiger partial charge in [-0.3, -0.25) is 5.10 Å². The number of halogens is 3. The van der Waals surface area contributed by atoms with E-state index in [1.54, 1.807) is 24.3 Å². The normalized spacial score (nSPS) is 19.9. The first-order chi connectivity index (χ1) is 12.8. The number of fused-ring (bicyclic) bond motifs is 1. The Hall–Kier alpha value is -3.10. The van der Waals surface area contributed by atoms with Crippen molar-refractivity contribution in [3.8, 4) is 11.1 Å². The number of nitrogens with one attached hydrogen (secondary N) is 2. The van der Waals surface area contributed by atoms with Crippen molar-refractivity contribution in [3.63, 3.8) is 0 Å². The highest BCUT2D eigenvalue weighted by atomic mass is 19.4. The molecule has 0 saturated carbocycles. The van der Waals surface area contributed by atoms with E-state index >= 15 is 0 Å². The van der Waals surface area contributed by atoms with Crippen LogP contribution in [0.4, 0.5) is 18.0 Å². The standard InChI is InChI=1S/C18H15F3N4O2/c1-2-17(9-23-16(26)27-17)11-5-3-4-10(8-11)12-6-7-22-15-13(12)14(24-25-15)18(19,20)21/h3-8H,2,9H2,1H3,(H,23,26)(H,22,24,25). The van der Waals surface area contributed by atoms with Crippen LogP contribution >= 0.6 is 0 Å². The molecule has 1 aromatic carbocycles. The summed E-state index contributed by atoms with van der Waals surface area (Å²) in [6.45, 7) is 2.19. The number of ether oxygens (including phenoxy) is 1. The van der Waals surface area contributed by atoms with Crippen LogP contribution in [0, 0.1) is 0 Å². The fourth-order valence-corrected chi connectivity index (χ4v) is 3.39. The summed E-state index contributed by atoms with van der Waals surface area (Å²) in [5.41, 5.74) is -0.172. The summed E-state index contributed by atoms with van der Waals surface area (Å²) < 4.78 is 45.5. The largest absolute Gasteiger partial charge is 0.436 e. The van der Waals surface area contributed by atoms with Crippen molar-refractivity contribution in [1.29, 1.82) is 0 Å². The van der Waals surface area contributed by atoms with Crippen LogP contribution in [0.15, 0.2) is 36.5 Å². The minimum Gasteiger partial charge on any atom is -0.436 e. The van der Waals surface area contributed by atoms with Gasteiger partial charge in [0.1, 0.15) is 0 Å². The van der Waals surface area contributed by atoms with Crippen LogP contribution < -0.4 is 5.32 Å². The van der Waals surface area contributed by atoms with Crippen LogP contribution in [0.1, 0.15) is 24.6 Å². The van der Waals surface area contributed by atoms with Crippen LogP contribution in [-0.4, -0.2) is 27.8 Å². The first kappa shape index (κ1) is 17.3. The zero-order valence-electron chi connectivity index (χ0n) is 14.2. The van der Waals surface area contributed by atoms with Crippen LogP contribution in [0.2, 0.25) is 0 Å². The monoisotopic (exact) mass is 376 g/mol. The topological polar surface area (TPSA) is 79.9 Å². The van der Waals surface area contributed by atoms with Crippen LogP contribution in [0.25, 0.3) is 22.2 Å². The maximum Gasteiger partial charge on any atom is 0.435 e. The maximum absolute atomic E-state index is 13.4. The zero-order chi connectivity index (χ0) is 19.2. The number of H-pyrrole nitrogens is 1. The number of aromatic amines is 1. The summed E-state index contributed by atoms with van der Waals surface area (Å²) >= 11 is 0. The van der Waals surface area contributed by atoms with Gasteiger partial charge in [0.2, 0.25) is 0 Å². The Labute approximate surface area is 151 Å². The van der Waals surface area contributed by atoms with Crippen LogP contribution in [0.3, 0.4) is 0 Å². The molecule has 1 amide bonds. The van der Waals surface area contributed by atoms with Crippen molar-refractivity contribution >= 4 is 17.1 Å². The lowest BCUT2D eigenvalue weighted by Gasteiger charge is -2.25. The van der Waals surface area contributed by atoms with E-state index in [2.05, 4.69) is 20.5 Å². The van der Waals surface area contributed by atoms with E-state index in [1.165, 1.54) is 12.3 Å². The second-order valence-electron chi connectivity index (χ2n) is 6.32. The van der Waals surface area contributed by atoms with E-state index in [4.69, 9.17) is 4.74 Å². The molecule has 1 saturated heterocycles. The maximum atomic E-state index is 13.4. The van der Waals surface area contributed by atoms with Crippen molar-refractivity contribution < 1.29 is 22.7 Å². The molecule has 0 aliphatic carbocycles. The number of alkyl halides is 3. The van der Waals surface area contributed by atoms with Gasteiger partial charge in [0.15, 0.2) is 16.9 Å². The van der Waals surface area contributed by atoms with Crippen molar-refractivity contribution in [2.24, 2.45) is 0 Å². The summed E-state index contributed by atoms with van der Waals surface area (Å²) in [6, 6.07) is 8.49. The number of hydrogen-bond donors (Lipinski definition) is 2. The molecule has 1 atom stereocenters. The number of carbonyl (C=O) groups excluding carboxylic acids is 1. The molecule has 2 aromatic heterocycles. The number of alkyl carbamates (subject to hydrolysis) is 1. The zero-order valence-corrected chi connectivity index (χ0v) is 14.2. The molecule has 0 bridgehead atoms. The van der Waals surface area contributed by atoms with Crippen molar-refractivity contribution in [3.05, 3.63) is 47.8 Å². The average molecular weight is 376 g/mol. The SMILES string of the molecule is CCC1(c2cccc(-c3ccnc4[nH]nc(C(F)(F)F)c34)c2)CNC(=O)O1. The Morgan fingerprint density at radius 2 is 2.11 bits per heavy atom. The van der Waals surface area contributed by atoms with E-state index in [9.17, 15) is 18.0 Å². The first-order valence-corrected chi connectivity index (χ1v) is 8.32. The lowest BCUT2D eigenvalue weighted by molar-refractivity contribution is -0.139. The third-order valence-corrected chi connectivity index (χ3v) is 4.81. The predicted octanol–water partition coefficient (Wildman–Crippen LogP) is 3.99. The highest BCUT2D eigenvalue weighted by molar-refractivity contribution is 5.95. The molecule has 1 fully saturated rings. The van der Waals surface area contributed by atoms with Crippen LogP contribution in [0.5, 0.6) is 0 Å². The molecule has 140 valence electrons. The van der Waals surface area contributed by atoms with E-state index in [0.717, 1.165) is 0 Å². The Morgan fingerprint density at radius 3 is 2.78 bits per heavy atom. The van der Waals surface area contributed by atoms with Crippen molar-refractivity contribution in [2.45, 2.75) is 25.1 Å². The molecular weight excluding hydrogens is 361 g/mol. The van der Waals surface area contributed by atoms with Crippen LogP contribution in [-0.2, 0) is 16.5 Å². The Kier molecular flexibility index (Phi) is 3.83. The molecule has 1 aliphatic rings.